The summed E-state index contributed by atoms with van der Waals surface area (Å²) in [5.41, 5.74) is 0. The zero-order chi connectivity index (χ0) is 23.1. The molecule has 0 aromatic carbocycles. The first-order valence-corrected chi connectivity index (χ1v) is 10.2. The van der Waals surface area contributed by atoms with Crippen molar-refractivity contribution in [3.05, 3.63) is 30.7 Å². The third-order valence-corrected chi connectivity index (χ3v) is 5.38. The number of alkyl halides is 3. The number of carbonyl (C=O) groups is 3. The first-order valence-electron chi connectivity index (χ1n) is 10.2. The quantitative estimate of drug-likeness (QED) is 0.464. The number of allylic oxidation sites excluding steroid dienone is 1. The van der Waals surface area contributed by atoms with E-state index in [0.29, 0.717) is 64.1 Å². The number of halogens is 3. The van der Waals surface area contributed by atoms with Crippen molar-refractivity contribution in [3.8, 4) is 0 Å². The second kappa shape index (κ2) is 10.4. The fourth-order valence-corrected chi connectivity index (χ4v) is 3.50. The molecule has 1 aromatic heterocycles. The van der Waals surface area contributed by atoms with E-state index in [1.807, 2.05) is 4.90 Å². The largest absolute Gasteiger partial charge is 0.455 e. The number of aromatic nitrogens is 2. The van der Waals surface area contributed by atoms with Gasteiger partial charge in [-0.15, -0.1) is 0 Å². The van der Waals surface area contributed by atoms with Crippen molar-refractivity contribution in [1.82, 2.24) is 19.8 Å². The van der Waals surface area contributed by atoms with Gasteiger partial charge in [-0.2, -0.15) is 13.2 Å². The summed E-state index contributed by atoms with van der Waals surface area (Å²) in [5, 5.41) is 0. The highest BCUT2D eigenvalue weighted by atomic mass is 19.4. The van der Waals surface area contributed by atoms with Gasteiger partial charge in [0.15, 0.2) is 6.61 Å². The molecule has 0 aliphatic carbocycles. The van der Waals surface area contributed by atoms with Crippen LogP contribution >= 0.6 is 0 Å². The maximum Gasteiger partial charge on any atom is 0.454 e. The monoisotopic (exact) mass is 455 g/mol. The summed E-state index contributed by atoms with van der Waals surface area (Å²) >= 11 is 0. The molecule has 0 spiro atoms. The van der Waals surface area contributed by atoms with Gasteiger partial charge in [0.1, 0.15) is 0 Å². The Bertz CT molecular complexity index is 833. The number of carbonyl (C=O) groups excluding carboxylic acids is 3. The van der Waals surface area contributed by atoms with Crippen LogP contribution in [0.1, 0.15) is 12.8 Å². The van der Waals surface area contributed by atoms with Gasteiger partial charge < -0.3 is 19.4 Å². The molecule has 2 aliphatic rings. The summed E-state index contributed by atoms with van der Waals surface area (Å²) in [7, 11) is 0. The van der Waals surface area contributed by atoms with Gasteiger partial charge in [-0.25, -0.2) is 9.97 Å². The third-order valence-electron chi connectivity index (χ3n) is 5.38. The molecule has 1 aromatic rings. The second-order valence-electron chi connectivity index (χ2n) is 7.51. The summed E-state index contributed by atoms with van der Waals surface area (Å²) in [5.74, 6) is -2.52. The molecule has 0 radical (unpaired) electrons. The van der Waals surface area contributed by atoms with Crippen LogP contribution in [0.25, 0.3) is 0 Å². The fraction of sp³-hybridized carbons (Fsp3) is 0.550. The molecule has 2 aliphatic heterocycles. The Kier molecular flexibility index (Phi) is 7.65. The van der Waals surface area contributed by atoms with E-state index in [-0.39, 0.29) is 12.5 Å². The highest BCUT2D eigenvalue weighted by Gasteiger charge is 2.36. The Labute approximate surface area is 182 Å². The molecule has 9 nitrogen and oxygen atoms in total. The third kappa shape index (κ3) is 6.41. The standard InChI is InChI=1S/C20H24F3N5O4/c21-20(22,23)16(29)4-9-26-7-2-15(3-8-26)18(31)32-14-17(30)27-10-12-28(13-11-27)19-24-5-1-6-25-19/h1,4-6,9,15H,2-3,7-8,10-14H2/b9-4+. The average Bonchev–Trinajstić information content (AvgIpc) is 2.81. The van der Waals surface area contributed by atoms with E-state index >= 15 is 0 Å². The van der Waals surface area contributed by atoms with E-state index in [1.54, 1.807) is 28.3 Å². The zero-order valence-corrected chi connectivity index (χ0v) is 17.3. The molecule has 3 rings (SSSR count). The number of ether oxygens (including phenoxy) is 1. The Balaban J connectivity index is 1.36. The van der Waals surface area contributed by atoms with E-state index in [1.165, 1.54) is 0 Å². The minimum absolute atomic E-state index is 0.280. The normalized spacial score (nSPS) is 18.2. The van der Waals surface area contributed by atoms with Crippen molar-refractivity contribution in [1.29, 1.82) is 0 Å². The number of esters is 1. The van der Waals surface area contributed by atoms with Gasteiger partial charge in [-0.05, 0) is 18.9 Å². The first-order chi connectivity index (χ1) is 15.2. The summed E-state index contributed by atoms with van der Waals surface area (Å²) in [6.07, 6.45) is 0.736. The number of rotatable bonds is 6. The first kappa shape index (κ1) is 23.5. The Morgan fingerprint density at radius 2 is 1.66 bits per heavy atom. The number of amides is 1. The number of likely N-dealkylation sites (tertiary alicyclic amines) is 1. The predicted octanol–water partition coefficient (Wildman–Crippen LogP) is 1.03. The lowest BCUT2D eigenvalue weighted by molar-refractivity contribution is -0.165. The van der Waals surface area contributed by atoms with E-state index < -0.39 is 23.8 Å². The Hall–Kier alpha value is -3.18. The van der Waals surface area contributed by atoms with Crippen LogP contribution in [0.5, 0.6) is 0 Å². The maximum atomic E-state index is 12.4. The van der Waals surface area contributed by atoms with E-state index in [9.17, 15) is 27.6 Å². The van der Waals surface area contributed by atoms with Gasteiger partial charge in [0.05, 0.1) is 5.92 Å². The molecule has 174 valence electrons. The van der Waals surface area contributed by atoms with E-state index in [0.717, 1.165) is 6.20 Å². The average molecular weight is 455 g/mol. The van der Waals surface area contributed by atoms with Crippen molar-refractivity contribution < 1.29 is 32.3 Å². The number of piperazine rings is 1. The molecule has 3 heterocycles. The minimum atomic E-state index is -4.90. The number of nitrogens with zero attached hydrogens (tertiary/aromatic N) is 5. The number of piperidine rings is 1. The summed E-state index contributed by atoms with van der Waals surface area (Å²) in [4.78, 5) is 49.1. The summed E-state index contributed by atoms with van der Waals surface area (Å²) in [6, 6.07) is 1.73. The lowest BCUT2D eigenvalue weighted by Gasteiger charge is -2.34. The molecule has 0 unspecified atom stereocenters. The SMILES string of the molecule is O=C(OCC(=O)N1CCN(c2ncccn2)CC1)C1CCN(/C=C/C(=O)C(F)(F)F)CC1. The lowest BCUT2D eigenvalue weighted by atomic mass is 9.97. The van der Waals surface area contributed by atoms with Gasteiger partial charge in [-0.1, -0.05) is 0 Å². The molecule has 2 saturated heterocycles. The van der Waals surface area contributed by atoms with Crippen molar-refractivity contribution in [3.63, 3.8) is 0 Å². The predicted molar refractivity (Wildman–Crippen MR) is 106 cm³/mol. The fourth-order valence-electron chi connectivity index (χ4n) is 3.50. The van der Waals surface area contributed by atoms with Crippen LogP contribution < -0.4 is 4.90 Å². The molecule has 0 bridgehead atoms. The highest BCUT2D eigenvalue weighted by Crippen LogP contribution is 2.20. The van der Waals surface area contributed by atoms with Crippen LogP contribution in [0.3, 0.4) is 0 Å². The number of anilines is 1. The smallest absolute Gasteiger partial charge is 0.454 e. The second-order valence-corrected chi connectivity index (χ2v) is 7.51. The summed E-state index contributed by atoms with van der Waals surface area (Å²) < 4.78 is 41.9. The van der Waals surface area contributed by atoms with Crippen LogP contribution in [-0.4, -0.2) is 89.5 Å². The number of hydrogen-bond donors (Lipinski definition) is 0. The highest BCUT2D eigenvalue weighted by molar-refractivity contribution is 5.94. The molecule has 0 saturated carbocycles. The molecule has 12 heteroatoms. The van der Waals surface area contributed by atoms with Gasteiger partial charge in [-0.3, -0.25) is 14.4 Å². The van der Waals surface area contributed by atoms with Crippen LogP contribution in [0.2, 0.25) is 0 Å². The lowest BCUT2D eigenvalue weighted by Crippen LogP contribution is -2.50. The minimum Gasteiger partial charge on any atom is -0.455 e. The molecular formula is C20H24F3N5O4. The van der Waals surface area contributed by atoms with Crippen molar-refractivity contribution in [2.45, 2.75) is 19.0 Å². The number of hydrogen-bond acceptors (Lipinski definition) is 8. The van der Waals surface area contributed by atoms with Crippen LogP contribution in [0.4, 0.5) is 19.1 Å². The van der Waals surface area contributed by atoms with Crippen molar-refractivity contribution in [2.24, 2.45) is 5.92 Å². The summed E-state index contributed by atoms with van der Waals surface area (Å²) in [6.45, 7) is 2.38. The van der Waals surface area contributed by atoms with Gasteiger partial charge in [0.2, 0.25) is 5.95 Å². The van der Waals surface area contributed by atoms with Gasteiger partial charge >= 0.3 is 12.1 Å². The van der Waals surface area contributed by atoms with Gasteiger partial charge in [0, 0.05) is 63.9 Å². The van der Waals surface area contributed by atoms with Crippen LogP contribution in [0, 0.1) is 5.92 Å². The Morgan fingerprint density at radius 3 is 2.25 bits per heavy atom. The van der Waals surface area contributed by atoms with Crippen LogP contribution in [0.15, 0.2) is 30.7 Å². The van der Waals surface area contributed by atoms with E-state index in [2.05, 4.69) is 9.97 Å². The molecule has 32 heavy (non-hydrogen) atoms. The Morgan fingerprint density at radius 1 is 1.03 bits per heavy atom. The molecule has 0 N–H and O–H groups in total. The van der Waals surface area contributed by atoms with E-state index in [4.69, 9.17) is 4.74 Å². The molecule has 2 fully saturated rings. The van der Waals surface area contributed by atoms with Crippen molar-refractivity contribution in [2.75, 3.05) is 50.8 Å². The molecule has 0 atom stereocenters. The van der Waals surface area contributed by atoms with Crippen molar-refractivity contribution >= 4 is 23.6 Å². The zero-order valence-electron chi connectivity index (χ0n) is 17.3. The molecular weight excluding hydrogens is 431 g/mol. The van der Waals surface area contributed by atoms with Crippen LogP contribution in [-0.2, 0) is 19.1 Å². The van der Waals surface area contributed by atoms with Gasteiger partial charge in [0.25, 0.3) is 11.7 Å². The maximum absolute atomic E-state index is 12.4. The number of ketones is 1. The topological polar surface area (TPSA) is 95.9 Å². The molecule has 1 amide bonds.